The molecule has 1 aromatic carbocycles. The highest BCUT2D eigenvalue weighted by molar-refractivity contribution is 6.21. The van der Waals surface area contributed by atoms with E-state index in [0.717, 1.165) is 11.0 Å². The van der Waals surface area contributed by atoms with E-state index in [1.165, 1.54) is 6.08 Å². The highest BCUT2D eigenvalue weighted by Gasteiger charge is 2.33. The van der Waals surface area contributed by atoms with Crippen LogP contribution in [-0.4, -0.2) is 29.5 Å². The number of benzene rings is 1. The third kappa shape index (κ3) is 1.54. The van der Waals surface area contributed by atoms with Crippen molar-refractivity contribution in [2.24, 2.45) is 0 Å². The number of nitrogens with zero attached hydrogens (tertiary/aromatic N) is 1. The van der Waals surface area contributed by atoms with E-state index in [0.29, 0.717) is 11.1 Å². The lowest BCUT2D eigenvalue weighted by molar-refractivity contribution is 0.0672. The van der Waals surface area contributed by atoms with Crippen LogP contribution < -0.4 is 0 Å². The van der Waals surface area contributed by atoms with Crippen molar-refractivity contribution >= 4 is 18.1 Å². The minimum absolute atomic E-state index is 0.0988. The van der Waals surface area contributed by atoms with Crippen molar-refractivity contribution in [3.63, 3.8) is 0 Å². The maximum atomic E-state index is 11.8. The fraction of sp³-hybridized carbons (Fsp3) is 0.0833. The molecule has 0 aromatic heterocycles. The summed E-state index contributed by atoms with van der Waals surface area (Å²) in [6, 6.07) is 6.65. The first kappa shape index (κ1) is 10.3. The van der Waals surface area contributed by atoms with Gasteiger partial charge >= 0.3 is 0 Å². The molecule has 1 aliphatic rings. The Morgan fingerprint density at radius 1 is 1.12 bits per heavy atom. The fourth-order valence-electron chi connectivity index (χ4n) is 1.61. The van der Waals surface area contributed by atoms with Gasteiger partial charge in [-0.3, -0.25) is 19.3 Å². The molecule has 0 bridgehead atoms. The summed E-state index contributed by atoms with van der Waals surface area (Å²) < 4.78 is 0. The monoisotopic (exact) mass is 214 g/mol. The number of hydrogen-bond donors (Lipinski definition) is 0. The third-order valence-electron chi connectivity index (χ3n) is 2.35. The summed E-state index contributed by atoms with van der Waals surface area (Å²) in [7, 11) is 0. The molecule has 1 radical (unpaired) electrons. The Hall–Kier alpha value is -2.23. The van der Waals surface area contributed by atoms with Gasteiger partial charge in [-0.25, -0.2) is 0 Å². The smallest absolute Gasteiger partial charge is 0.261 e. The van der Waals surface area contributed by atoms with Crippen molar-refractivity contribution in [3.8, 4) is 0 Å². The summed E-state index contributed by atoms with van der Waals surface area (Å²) in [4.78, 5) is 34.6. The van der Waals surface area contributed by atoms with Crippen LogP contribution in [0.4, 0.5) is 0 Å². The zero-order valence-electron chi connectivity index (χ0n) is 8.34. The number of rotatable bonds is 3. The minimum atomic E-state index is -0.323. The summed E-state index contributed by atoms with van der Waals surface area (Å²) in [6.07, 6.45) is 4.13. The lowest BCUT2D eigenvalue weighted by Gasteiger charge is -2.09. The Balaban J connectivity index is 2.28. The standard InChI is InChI=1S/C12H8NO3/c14-8-4-3-7-13-11(15)9-5-1-2-6-10(9)12(13)16/h1-6H,7H2. The maximum Gasteiger partial charge on any atom is 0.261 e. The second-order valence-corrected chi connectivity index (χ2v) is 3.29. The number of hydrogen-bond acceptors (Lipinski definition) is 3. The predicted octanol–water partition coefficient (Wildman–Crippen LogP) is 0.949. The molecule has 0 spiro atoms. The molecule has 0 aliphatic carbocycles. The topological polar surface area (TPSA) is 54.5 Å². The molecule has 2 rings (SSSR count). The molecule has 0 saturated carbocycles. The molecule has 0 N–H and O–H groups in total. The van der Waals surface area contributed by atoms with Crippen molar-refractivity contribution in [2.75, 3.05) is 6.54 Å². The van der Waals surface area contributed by atoms with Gasteiger partial charge in [0.1, 0.15) is 0 Å². The largest absolute Gasteiger partial charge is 0.286 e. The van der Waals surface area contributed by atoms with Gasteiger partial charge in [0.15, 0.2) is 0 Å². The van der Waals surface area contributed by atoms with E-state index in [9.17, 15) is 14.4 Å². The number of carbonyl (C=O) groups excluding carboxylic acids is 3. The SMILES string of the molecule is O=[C]C=CCN1C(=O)c2ccccc2C1=O. The zero-order valence-corrected chi connectivity index (χ0v) is 8.34. The third-order valence-corrected chi connectivity index (χ3v) is 2.35. The van der Waals surface area contributed by atoms with Crippen LogP contribution in [0.3, 0.4) is 0 Å². The van der Waals surface area contributed by atoms with Gasteiger partial charge in [0.25, 0.3) is 11.8 Å². The Kier molecular flexibility index (Phi) is 2.64. The van der Waals surface area contributed by atoms with Gasteiger partial charge in [-0.15, -0.1) is 0 Å². The lowest BCUT2D eigenvalue weighted by Crippen LogP contribution is -2.29. The van der Waals surface area contributed by atoms with Gasteiger partial charge in [-0.05, 0) is 18.2 Å². The summed E-state index contributed by atoms with van der Waals surface area (Å²) >= 11 is 0. The molecule has 16 heavy (non-hydrogen) atoms. The van der Waals surface area contributed by atoms with E-state index in [1.807, 2.05) is 0 Å². The zero-order chi connectivity index (χ0) is 11.5. The Morgan fingerprint density at radius 2 is 1.69 bits per heavy atom. The Bertz CT molecular complexity index is 456. The van der Waals surface area contributed by atoms with Crippen molar-refractivity contribution in [1.29, 1.82) is 0 Å². The summed E-state index contributed by atoms with van der Waals surface area (Å²) in [5, 5.41) is 0. The predicted molar refractivity (Wildman–Crippen MR) is 56.6 cm³/mol. The molecular formula is C12H8NO3. The second kappa shape index (κ2) is 4.10. The van der Waals surface area contributed by atoms with Gasteiger partial charge in [0, 0.05) is 6.54 Å². The maximum absolute atomic E-state index is 11.8. The summed E-state index contributed by atoms with van der Waals surface area (Å²) in [5.41, 5.74) is 0.826. The molecule has 0 saturated heterocycles. The van der Waals surface area contributed by atoms with Gasteiger partial charge in [-0.2, -0.15) is 0 Å². The first-order chi connectivity index (χ1) is 7.75. The molecule has 4 heteroatoms. The van der Waals surface area contributed by atoms with Crippen molar-refractivity contribution in [2.45, 2.75) is 0 Å². The molecule has 0 unspecified atom stereocenters. The van der Waals surface area contributed by atoms with Crippen LogP contribution in [-0.2, 0) is 4.79 Å². The molecule has 0 fully saturated rings. The summed E-state index contributed by atoms with van der Waals surface area (Å²) in [6.45, 7) is 0.0988. The fourth-order valence-corrected chi connectivity index (χ4v) is 1.61. The minimum Gasteiger partial charge on any atom is -0.286 e. The van der Waals surface area contributed by atoms with Crippen molar-refractivity contribution in [3.05, 3.63) is 47.5 Å². The Morgan fingerprint density at radius 3 is 2.19 bits per heavy atom. The van der Waals surface area contributed by atoms with Crippen molar-refractivity contribution < 1.29 is 14.4 Å². The molecule has 1 heterocycles. The molecule has 2 amide bonds. The van der Waals surface area contributed by atoms with Gasteiger partial charge in [0.05, 0.1) is 11.1 Å². The highest BCUT2D eigenvalue weighted by atomic mass is 16.2. The first-order valence-electron chi connectivity index (χ1n) is 4.73. The van der Waals surface area contributed by atoms with Crippen LogP contribution in [0.1, 0.15) is 20.7 Å². The number of allylic oxidation sites excluding steroid dienone is 1. The van der Waals surface area contributed by atoms with Gasteiger partial charge < -0.3 is 0 Å². The van der Waals surface area contributed by atoms with Crippen LogP contribution in [0.5, 0.6) is 0 Å². The van der Waals surface area contributed by atoms with Crippen LogP contribution >= 0.6 is 0 Å². The molecule has 1 aromatic rings. The normalized spacial score (nSPS) is 14.6. The molecule has 0 atom stereocenters. The number of carbonyl (C=O) groups is 2. The average Bonchev–Trinajstić information content (AvgIpc) is 2.55. The highest BCUT2D eigenvalue weighted by Crippen LogP contribution is 2.21. The van der Waals surface area contributed by atoms with Crippen LogP contribution in [0, 0.1) is 0 Å². The molecule has 1 aliphatic heterocycles. The lowest BCUT2D eigenvalue weighted by atomic mass is 10.1. The van der Waals surface area contributed by atoms with E-state index in [1.54, 1.807) is 30.6 Å². The van der Waals surface area contributed by atoms with E-state index < -0.39 is 0 Å². The first-order valence-corrected chi connectivity index (χ1v) is 4.73. The van der Waals surface area contributed by atoms with Crippen LogP contribution in [0.15, 0.2) is 36.4 Å². The van der Waals surface area contributed by atoms with E-state index in [-0.39, 0.29) is 18.4 Å². The molecule has 79 valence electrons. The van der Waals surface area contributed by atoms with Crippen molar-refractivity contribution in [1.82, 2.24) is 4.90 Å². The second-order valence-electron chi connectivity index (χ2n) is 3.29. The van der Waals surface area contributed by atoms with E-state index in [2.05, 4.69) is 0 Å². The number of fused-ring (bicyclic) bond motifs is 1. The molecular weight excluding hydrogens is 206 g/mol. The van der Waals surface area contributed by atoms with Gasteiger partial charge in [0.2, 0.25) is 6.29 Å². The van der Waals surface area contributed by atoms with Gasteiger partial charge in [-0.1, -0.05) is 18.2 Å². The number of imide groups is 1. The average molecular weight is 214 g/mol. The Labute approximate surface area is 92.2 Å². The van der Waals surface area contributed by atoms with E-state index in [4.69, 9.17) is 0 Å². The van der Waals surface area contributed by atoms with Crippen LogP contribution in [0.25, 0.3) is 0 Å². The van der Waals surface area contributed by atoms with E-state index >= 15 is 0 Å². The van der Waals surface area contributed by atoms with Crippen LogP contribution in [0.2, 0.25) is 0 Å². The number of amides is 2. The molecule has 4 nitrogen and oxygen atoms in total. The summed E-state index contributed by atoms with van der Waals surface area (Å²) in [5.74, 6) is -0.646. The quantitative estimate of drug-likeness (QED) is 0.556.